The summed E-state index contributed by atoms with van der Waals surface area (Å²) >= 11 is 5.13. The van der Waals surface area contributed by atoms with E-state index in [2.05, 4.69) is 68.8 Å². The van der Waals surface area contributed by atoms with E-state index in [0.717, 1.165) is 33.9 Å². The predicted molar refractivity (Wildman–Crippen MR) is 110 cm³/mol. The van der Waals surface area contributed by atoms with E-state index in [-0.39, 0.29) is 0 Å². The molecule has 0 atom stereocenters. The number of thioether (sulfide) groups is 1. The third kappa shape index (κ3) is 3.75. The Morgan fingerprint density at radius 1 is 1.08 bits per heavy atom. The number of hydrogen-bond acceptors (Lipinski definition) is 6. The van der Waals surface area contributed by atoms with Crippen molar-refractivity contribution in [2.45, 2.75) is 24.3 Å². The molecule has 1 aromatic carbocycles. The van der Waals surface area contributed by atoms with Gasteiger partial charge in [-0.15, -0.1) is 32.9 Å². The van der Waals surface area contributed by atoms with Crippen molar-refractivity contribution in [2.24, 2.45) is 7.05 Å². The summed E-state index contributed by atoms with van der Waals surface area (Å²) < 4.78 is 2.08. The molecule has 0 unspecified atom stereocenters. The van der Waals surface area contributed by atoms with E-state index in [0.29, 0.717) is 0 Å². The van der Waals surface area contributed by atoms with Crippen LogP contribution in [-0.4, -0.2) is 19.7 Å². The van der Waals surface area contributed by atoms with Crippen LogP contribution in [0.25, 0.3) is 10.6 Å². The number of thiazole rings is 1. The SMILES string of the molecule is Cc1ccccc1-c1nc(CSc2nnc(Cc3cccs3)n2C)cs1. The molecule has 0 aliphatic heterocycles. The van der Waals surface area contributed by atoms with Crippen molar-refractivity contribution in [3.8, 4) is 10.6 Å². The lowest BCUT2D eigenvalue weighted by molar-refractivity contribution is 0.750. The molecule has 3 heterocycles. The highest BCUT2D eigenvalue weighted by molar-refractivity contribution is 7.98. The normalized spacial score (nSPS) is 11.2. The minimum Gasteiger partial charge on any atom is -0.309 e. The van der Waals surface area contributed by atoms with Gasteiger partial charge < -0.3 is 4.57 Å². The van der Waals surface area contributed by atoms with Crippen molar-refractivity contribution in [1.82, 2.24) is 19.7 Å². The van der Waals surface area contributed by atoms with Gasteiger partial charge in [-0.25, -0.2) is 4.98 Å². The zero-order valence-corrected chi connectivity index (χ0v) is 17.0. The molecule has 0 saturated heterocycles. The van der Waals surface area contributed by atoms with Crippen LogP contribution in [0, 0.1) is 6.92 Å². The topological polar surface area (TPSA) is 43.6 Å². The van der Waals surface area contributed by atoms with Crippen molar-refractivity contribution in [3.63, 3.8) is 0 Å². The predicted octanol–water partition coefficient (Wildman–Crippen LogP) is 5.19. The Bertz CT molecular complexity index is 1000. The van der Waals surface area contributed by atoms with Crippen LogP contribution in [0.2, 0.25) is 0 Å². The summed E-state index contributed by atoms with van der Waals surface area (Å²) in [4.78, 5) is 6.10. The quantitative estimate of drug-likeness (QED) is 0.419. The summed E-state index contributed by atoms with van der Waals surface area (Å²) in [5.41, 5.74) is 3.55. The van der Waals surface area contributed by atoms with Gasteiger partial charge in [0.15, 0.2) is 5.16 Å². The van der Waals surface area contributed by atoms with Crippen LogP contribution in [0.3, 0.4) is 0 Å². The van der Waals surface area contributed by atoms with Gasteiger partial charge in [-0.2, -0.15) is 0 Å². The third-order valence-electron chi connectivity index (χ3n) is 4.11. The molecule has 0 radical (unpaired) electrons. The summed E-state index contributed by atoms with van der Waals surface area (Å²) in [6.45, 7) is 2.12. The highest BCUT2D eigenvalue weighted by Crippen LogP contribution is 2.29. The van der Waals surface area contributed by atoms with E-state index in [9.17, 15) is 0 Å². The van der Waals surface area contributed by atoms with Gasteiger partial charge in [0, 0.05) is 35.0 Å². The molecule has 0 aliphatic rings. The van der Waals surface area contributed by atoms with Crippen molar-refractivity contribution in [2.75, 3.05) is 0 Å². The summed E-state index contributed by atoms with van der Waals surface area (Å²) in [6.07, 6.45) is 0.829. The van der Waals surface area contributed by atoms with Crippen LogP contribution in [0.4, 0.5) is 0 Å². The highest BCUT2D eigenvalue weighted by atomic mass is 32.2. The Kier molecular flexibility index (Phi) is 5.19. The lowest BCUT2D eigenvalue weighted by Crippen LogP contribution is -1.99. The van der Waals surface area contributed by atoms with Gasteiger partial charge in [0.05, 0.1) is 5.69 Å². The maximum atomic E-state index is 4.80. The van der Waals surface area contributed by atoms with Gasteiger partial charge in [-0.1, -0.05) is 42.1 Å². The van der Waals surface area contributed by atoms with Gasteiger partial charge in [-0.05, 0) is 23.9 Å². The van der Waals surface area contributed by atoms with Gasteiger partial charge in [0.2, 0.25) is 0 Å². The Hall–Kier alpha value is -1.96. The number of benzene rings is 1. The molecule has 0 bridgehead atoms. The summed E-state index contributed by atoms with van der Waals surface area (Å²) in [6, 6.07) is 12.6. The maximum absolute atomic E-state index is 4.80. The van der Waals surface area contributed by atoms with E-state index in [4.69, 9.17) is 4.98 Å². The van der Waals surface area contributed by atoms with Gasteiger partial charge >= 0.3 is 0 Å². The number of thiophene rings is 1. The van der Waals surface area contributed by atoms with E-state index < -0.39 is 0 Å². The zero-order valence-electron chi connectivity index (χ0n) is 14.5. The fraction of sp³-hybridized carbons (Fsp3) is 0.211. The molecule has 0 aliphatic carbocycles. The highest BCUT2D eigenvalue weighted by Gasteiger charge is 2.12. The molecule has 26 heavy (non-hydrogen) atoms. The monoisotopic (exact) mass is 398 g/mol. The lowest BCUT2D eigenvalue weighted by Gasteiger charge is -2.02. The molecule has 7 heteroatoms. The van der Waals surface area contributed by atoms with E-state index in [1.807, 2.05) is 7.05 Å². The van der Waals surface area contributed by atoms with Gasteiger partial charge in [-0.3, -0.25) is 0 Å². The minimum atomic E-state index is 0.799. The molecular weight excluding hydrogens is 380 g/mol. The molecule has 132 valence electrons. The third-order valence-corrected chi connectivity index (χ3v) is 6.97. The fourth-order valence-electron chi connectivity index (χ4n) is 2.64. The Morgan fingerprint density at radius 3 is 2.77 bits per heavy atom. The second-order valence-electron chi connectivity index (χ2n) is 5.96. The average Bonchev–Trinajstić information content (AvgIpc) is 3.38. The number of hydrogen-bond donors (Lipinski definition) is 0. The molecule has 0 spiro atoms. The van der Waals surface area contributed by atoms with Gasteiger partial charge in [0.25, 0.3) is 0 Å². The summed E-state index contributed by atoms with van der Waals surface area (Å²) in [7, 11) is 2.03. The first-order valence-electron chi connectivity index (χ1n) is 8.24. The van der Waals surface area contributed by atoms with E-state index in [1.165, 1.54) is 16.0 Å². The molecule has 4 rings (SSSR count). The van der Waals surface area contributed by atoms with Crippen molar-refractivity contribution in [3.05, 3.63) is 69.1 Å². The number of aromatic nitrogens is 4. The first kappa shape index (κ1) is 17.5. The molecule has 4 nitrogen and oxygen atoms in total. The first-order chi connectivity index (χ1) is 12.7. The standard InChI is InChI=1S/C19H18N4S3/c1-13-6-3-4-8-16(13)18-20-14(11-25-18)12-26-19-22-21-17(23(19)2)10-15-7-5-9-24-15/h3-9,11H,10,12H2,1-2H3. The van der Waals surface area contributed by atoms with Crippen LogP contribution in [0.15, 0.2) is 52.3 Å². The lowest BCUT2D eigenvalue weighted by atomic mass is 10.1. The molecule has 3 aromatic heterocycles. The van der Waals surface area contributed by atoms with E-state index in [1.54, 1.807) is 34.4 Å². The first-order valence-corrected chi connectivity index (χ1v) is 11.0. The van der Waals surface area contributed by atoms with Gasteiger partial charge in [0.1, 0.15) is 10.8 Å². The number of aryl methyl sites for hydroxylation is 1. The summed E-state index contributed by atoms with van der Waals surface area (Å²) in [5.74, 6) is 1.79. The molecule has 4 aromatic rings. The second-order valence-corrected chi connectivity index (χ2v) is 8.79. The van der Waals surface area contributed by atoms with Crippen molar-refractivity contribution < 1.29 is 0 Å². The Balaban J connectivity index is 1.44. The Labute approximate surface area is 165 Å². The van der Waals surface area contributed by atoms with Crippen LogP contribution >= 0.6 is 34.4 Å². The molecule has 0 N–H and O–H groups in total. The van der Waals surface area contributed by atoms with Crippen LogP contribution in [0.1, 0.15) is 22.0 Å². The average molecular weight is 399 g/mol. The Morgan fingerprint density at radius 2 is 1.96 bits per heavy atom. The second kappa shape index (κ2) is 7.73. The zero-order chi connectivity index (χ0) is 17.9. The van der Waals surface area contributed by atoms with Crippen molar-refractivity contribution >= 4 is 34.4 Å². The van der Waals surface area contributed by atoms with Crippen LogP contribution in [0.5, 0.6) is 0 Å². The summed E-state index contributed by atoms with van der Waals surface area (Å²) in [5, 5.41) is 14.9. The largest absolute Gasteiger partial charge is 0.309 e. The number of nitrogens with zero attached hydrogens (tertiary/aromatic N) is 4. The minimum absolute atomic E-state index is 0.799. The number of rotatable bonds is 6. The molecule has 0 amide bonds. The molecule has 0 saturated carbocycles. The molecule has 0 fully saturated rings. The van der Waals surface area contributed by atoms with Crippen LogP contribution in [-0.2, 0) is 19.2 Å². The molecular formula is C19H18N4S3. The maximum Gasteiger partial charge on any atom is 0.191 e. The smallest absolute Gasteiger partial charge is 0.191 e. The van der Waals surface area contributed by atoms with Crippen molar-refractivity contribution in [1.29, 1.82) is 0 Å². The fourth-order valence-corrected chi connectivity index (χ4v) is 5.18. The van der Waals surface area contributed by atoms with Crippen LogP contribution < -0.4 is 0 Å². The van der Waals surface area contributed by atoms with E-state index >= 15 is 0 Å².